The highest BCUT2D eigenvalue weighted by atomic mass is 32.2. The molecule has 1 heterocycles. The Kier molecular flexibility index (Phi) is 7.18. The van der Waals surface area contributed by atoms with Crippen molar-refractivity contribution in [3.63, 3.8) is 0 Å². The first-order valence-corrected chi connectivity index (χ1v) is 13.4. The van der Waals surface area contributed by atoms with E-state index in [1.54, 1.807) is 16.4 Å². The normalized spacial score (nSPS) is 17.9. The van der Waals surface area contributed by atoms with Gasteiger partial charge in [0, 0.05) is 18.3 Å². The highest BCUT2D eigenvalue weighted by molar-refractivity contribution is 7.92. The van der Waals surface area contributed by atoms with Gasteiger partial charge in [-0.25, -0.2) is 16.8 Å². The maximum Gasteiger partial charge on any atom is 0.243 e. The van der Waals surface area contributed by atoms with Crippen LogP contribution < -0.4 is 5.32 Å². The zero-order chi connectivity index (χ0) is 22.6. The molecule has 0 bridgehead atoms. The van der Waals surface area contributed by atoms with Crippen LogP contribution in [0, 0.1) is 6.92 Å². The number of piperidine rings is 1. The van der Waals surface area contributed by atoms with Crippen molar-refractivity contribution in [3.05, 3.63) is 54.1 Å². The number of aryl methyl sites for hydroxylation is 1. The molecule has 0 radical (unpaired) electrons. The van der Waals surface area contributed by atoms with Gasteiger partial charge in [0.1, 0.15) is 5.75 Å². The minimum atomic E-state index is -3.77. The molecule has 9 heteroatoms. The quantitative estimate of drug-likeness (QED) is 0.677. The smallest absolute Gasteiger partial charge is 0.243 e. The molecular formula is C22H28N2O5S2. The van der Waals surface area contributed by atoms with Gasteiger partial charge < -0.3 is 5.32 Å². The second kappa shape index (κ2) is 9.50. The van der Waals surface area contributed by atoms with Crippen LogP contribution in [-0.4, -0.2) is 45.4 Å². The van der Waals surface area contributed by atoms with Gasteiger partial charge in [-0.15, -0.1) is 0 Å². The number of carbonyl (C=O) groups is 1. The van der Waals surface area contributed by atoms with Crippen LogP contribution in [0.15, 0.2) is 58.3 Å². The maximum absolute atomic E-state index is 13.0. The lowest BCUT2D eigenvalue weighted by molar-refractivity contribution is -0.113. The summed E-state index contributed by atoms with van der Waals surface area (Å²) in [4.78, 5) is 12.5. The van der Waals surface area contributed by atoms with Gasteiger partial charge in [-0.2, -0.15) is 4.31 Å². The SMILES string of the molecule is CCC1CCCCN1S(=O)(=O)c1ccc(NC(=O)CS(=O)(=O)c2ccc(C)cc2)cc1. The van der Waals surface area contributed by atoms with E-state index >= 15 is 0 Å². The van der Waals surface area contributed by atoms with E-state index in [0.717, 1.165) is 31.2 Å². The van der Waals surface area contributed by atoms with Gasteiger partial charge >= 0.3 is 0 Å². The van der Waals surface area contributed by atoms with Gasteiger partial charge in [-0.05, 0) is 62.6 Å². The fourth-order valence-corrected chi connectivity index (χ4v) is 6.64. The Morgan fingerprint density at radius 3 is 2.19 bits per heavy atom. The van der Waals surface area contributed by atoms with E-state index in [4.69, 9.17) is 0 Å². The van der Waals surface area contributed by atoms with Crippen molar-refractivity contribution in [3.8, 4) is 0 Å². The largest absolute Gasteiger partial charge is 0.325 e. The topological polar surface area (TPSA) is 101 Å². The second-order valence-corrected chi connectivity index (χ2v) is 11.7. The van der Waals surface area contributed by atoms with E-state index in [2.05, 4.69) is 5.32 Å². The van der Waals surface area contributed by atoms with Gasteiger partial charge in [-0.1, -0.05) is 31.0 Å². The summed E-state index contributed by atoms with van der Waals surface area (Å²) in [6.07, 6.45) is 3.50. The minimum absolute atomic E-state index is 0.00473. The van der Waals surface area contributed by atoms with Crippen molar-refractivity contribution in [2.45, 2.75) is 55.4 Å². The summed E-state index contributed by atoms with van der Waals surface area (Å²) in [5, 5.41) is 2.53. The van der Waals surface area contributed by atoms with E-state index < -0.39 is 31.5 Å². The van der Waals surface area contributed by atoms with E-state index in [-0.39, 0.29) is 15.8 Å². The molecule has 0 aliphatic carbocycles. The average Bonchev–Trinajstić information content (AvgIpc) is 2.74. The Morgan fingerprint density at radius 2 is 1.58 bits per heavy atom. The Balaban J connectivity index is 1.68. The molecule has 7 nitrogen and oxygen atoms in total. The Hall–Kier alpha value is -2.23. The predicted octanol–water partition coefficient (Wildman–Crippen LogP) is 3.36. The maximum atomic E-state index is 13.0. The van der Waals surface area contributed by atoms with E-state index in [1.807, 2.05) is 13.8 Å². The number of carbonyl (C=O) groups excluding carboxylic acids is 1. The predicted molar refractivity (Wildman–Crippen MR) is 120 cm³/mol. The lowest BCUT2D eigenvalue weighted by Crippen LogP contribution is -2.43. The number of sulfone groups is 1. The first-order valence-electron chi connectivity index (χ1n) is 10.3. The number of hydrogen-bond donors (Lipinski definition) is 1. The number of nitrogens with zero attached hydrogens (tertiary/aromatic N) is 1. The zero-order valence-electron chi connectivity index (χ0n) is 17.7. The van der Waals surface area contributed by atoms with E-state index in [0.29, 0.717) is 12.2 Å². The molecule has 1 fully saturated rings. The van der Waals surface area contributed by atoms with Crippen molar-refractivity contribution < 1.29 is 21.6 Å². The molecule has 2 aromatic carbocycles. The molecule has 1 N–H and O–H groups in total. The Bertz CT molecular complexity index is 1130. The van der Waals surface area contributed by atoms with Crippen LogP contribution in [0.3, 0.4) is 0 Å². The summed E-state index contributed by atoms with van der Waals surface area (Å²) in [6, 6.07) is 12.2. The average molecular weight is 465 g/mol. The van der Waals surface area contributed by atoms with Crippen molar-refractivity contribution >= 4 is 31.5 Å². The number of amides is 1. The molecule has 1 aliphatic rings. The number of anilines is 1. The minimum Gasteiger partial charge on any atom is -0.325 e. The molecule has 0 aromatic heterocycles. The van der Waals surface area contributed by atoms with E-state index in [9.17, 15) is 21.6 Å². The Labute approximate surface area is 184 Å². The van der Waals surface area contributed by atoms with Gasteiger partial charge in [0.2, 0.25) is 15.9 Å². The third-order valence-corrected chi connectivity index (χ3v) is 9.09. The van der Waals surface area contributed by atoms with E-state index in [1.165, 1.54) is 36.4 Å². The van der Waals surface area contributed by atoms with Crippen molar-refractivity contribution in [2.75, 3.05) is 17.6 Å². The molecule has 1 aliphatic heterocycles. The summed E-state index contributed by atoms with van der Waals surface area (Å²) in [5.41, 5.74) is 1.27. The highest BCUT2D eigenvalue weighted by Gasteiger charge is 2.32. The molecule has 168 valence electrons. The highest BCUT2D eigenvalue weighted by Crippen LogP contribution is 2.27. The second-order valence-electron chi connectivity index (χ2n) is 7.82. The zero-order valence-corrected chi connectivity index (χ0v) is 19.4. The van der Waals surface area contributed by atoms with Crippen LogP contribution in [0.1, 0.15) is 38.2 Å². The standard InChI is InChI=1S/C22H28N2O5S2/c1-3-19-6-4-5-15-24(19)31(28,29)21-13-9-18(10-14-21)23-22(25)16-30(26,27)20-11-7-17(2)8-12-20/h7-14,19H,3-6,15-16H2,1-2H3,(H,23,25). The van der Waals surface area contributed by atoms with Crippen LogP contribution in [0.4, 0.5) is 5.69 Å². The number of rotatable bonds is 7. The summed E-state index contributed by atoms with van der Waals surface area (Å²) < 4.78 is 52.4. The molecule has 1 unspecified atom stereocenters. The molecule has 1 amide bonds. The first kappa shape index (κ1) is 23.4. The summed E-state index contributed by atoms with van der Waals surface area (Å²) in [5.74, 6) is -1.37. The molecular weight excluding hydrogens is 436 g/mol. The van der Waals surface area contributed by atoms with Crippen LogP contribution >= 0.6 is 0 Å². The van der Waals surface area contributed by atoms with Crippen LogP contribution in [0.25, 0.3) is 0 Å². The number of nitrogens with one attached hydrogen (secondary N) is 1. The first-order chi connectivity index (χ1) is 14.6. The lowest BCUT2D eigenvalue weighted by atomic mass is 10.0. The van der Waals surface area contributed by atoms with Crippen LogP contribution in [0.2, 0.25) is 0 Å². The van der Waals surface area contributed by atoms with Crippen molar-refractivity contribution in [2.24, 2.45) is 0 Å². The molecule has 2 aromatic rings. The third-order valence-electron chi connectivity index (χ3n) is 5.49. The van der Waals surface area contributed by atoms with Gasteiger partial charge in [0.25, 0.3) is 0 Å². The van der Waals surface area contributed by atoms with Gasteiger partial charge in [-0.3, -0.25) is 4.79 Å². The van der Waals surface area contributed by atoms with Gasteiger partial charge in [0.05, 0.1) is 9.79 Å². The van der Waals surface area contributed by atoms with Crippen LogP contribution in [0.5, 0.6) is 0 Å². The van der Waals surface area contributed by atoms with Crippen molar-refractivity contribution in [1.82, 2.24) is 4.31 Å². The fourth-order valence-electron chi connectivity index (χ4n) is 3.74. The molecule has 3 rings (SSSR count). The third kappa shape index (κ3) is 5.53. The number of hydrogen-bond acceptors (Lipinski definition) is 5. The molecule has 1 saturated heterocycles. The molecule has 31 heavy (non-hydrogen) atoms. The van der Waals surface area contributed by atoms with Gasteiger partial charge in [0.15, 0.2) is 9.84 Å². The number of benzene rings is 2. The fraction of sp³-hybridized carbons (Fsp3) is 0.409. The van der Waals surface area contributed by atoms with Crippen LogP contribution in [-0.2, 0) is 24.7 Å². The number of sulfonamides is 1. The Morgan fingerprint density at radius 1 is 0.968 bits per heavy atom. The summed E-state index contributed by atoms with van der Waals surface area (Å²) in [7, 11) is -7.38. The monoisotopic (exact) mass is 464 g/mol. The lowest BCUT2D eigenvalue weighted by Gasteiger charge is -2.34. The molecule has 0 spiro atoms. The summed E-state index contributed by atoms with van der Waals surface area (Å²) in [6.45, 7) is 4.35. The summed E-state index contributed by atoms with van der Waals surface area (Å²) >= 11 is 0. The van der Waals surface area contributed by atoms with Crippen molar-refractivity contribution in [1.29, 1.82) is 0 Å². The molecule has 0 saturated carbocycles. The molecule has 1 atom stereocenters.